The van der Waals surface area contributed by atoms with E-state index in [0.717, 1.165) is 6.17 Å². The molecule has 0 saturated heterocycles. The van der Waals surface area contributed by atoms with Gasteiger partial charge in [0, 0.05) is 38.9 Å². The van der Waals surface area contributed by atoms with Gasteiger partial charge in [0.15, 0.2) is 0 Å². The summed E-state index contributed by atoms with van der Waals surface area (Å²) in [5.74, 6) is 1.23. The Kier molecular flexibility index (Phi) is 5.49. The maximum Gasteiger partial charge on any atom is 0.0952 e. The molecule has 0 aliphatic rings. The first kappa shape index (κ1) is 10.9. The number of hydrogen-bond donors (Lipinski definition) is 0. The first-order chi connectivity index (χ1) is 5.13. The molecule has 66 valence electrons. The van der Waals surface area contributed by atoms with Crippen LogP contribution >= 0.6 is 0 Å². The Morgan fingerprint density at radius 3 is 2.27 bits per heavy atom. The van der Waals surface area contributed by atoms with Crippen molar-refractivity contribution in [3.63, 3.8) is 0 Å². The molecule has 11 heavy (non-hydrogen) atoms. The van der Waals surface area contributed by atoms with Crippen LogP contribution in [0.25, 0.3) is 0 Å². The summed E-state index contributed by atoms with van der Waals surface area (Å²) < 4.78 is 0. The van der Waals surface area contributed by atoms with Crippen molar-refractivity contribution in [1.82, 2.24) is 4.90 Å². The normalized spacial score (nSPS) is 12.9. The molecule has 2 nitrogen and oxygen atoms in total. The smallest absolute Gasteiger partial charge is 0.0952 e. The molecule has 0 aromatic rings. The van der Waals surface area contributed by atoms with E-state index >= 15 is 0 Å². The highest BCUT2D eigenvalue weighted by atomic mass is 28.1. The molecule has 0 bridgehead atoms. The summed E-state index contributed by atoms with van der Waals surface area (Å²) in [6.07, 6.45) is 2.24. The zero-order chi connectivity index (χ0) is 8.85. The van der Waals surface area contributed by atoms with Crippen molar-refractivity contribution in [2.45, 2.75) is 26.8 Å². The monoisotopic (exact) mass is 188 g/mol. The average Bonchev–Trinajstić information content (AvgIpc) is 1.88. The zero-order valence-corrected chi connectivity index (χ0v) is 12.4. The minimum absolute atomic E-state index is 0.615. The molecule has 0 aliphatic heterocycles. The summed E-state index contributed by atoms with van der Waals surface area (Å²) in [6.45, 7) is 6.57. The molecule has 0 aromatic heterocycles. The fourth-order valence-corrected chi connectivity index (χ4v) is 2.93. The van der Waals surface area contributed by atoms with Crippen LogP contribution in [0.4, 0.5) is 0 Å². The van der Waals surface area contributed by atoms with Crippen LogP contribution in [0.3, 0.4) is 0 Å². The molecular formula is C7H20N2Si2. The Balaban J connectivity index is 4.13. The molecule has 0 N–H and O–H groups in total. The Hall–Kier alpha value is -0.0962. The summed E-state index contributed by atoms with van der Waals surface area (Å²) in [7, 11) is 2.41. The summed E-state index contributed by atoms with van der Waals surface area (Å²) >= 11 is 0. The molecule has 0 amide bonds. The SMILES string of the molecule is CC(=NC[SiH3])N(C[SiH3])C(C)C. The number of nitrogens with zero attached hydrogens (tertiary/aromatic N) is 2. The van der Waals surface area contributed by atoms with Gasteiger partial charge in [-0.25, -0.2) is 0 Å². The van der Waals surface area contributed by atoms with Crippen molar-refractivity contribution < 1.29 is 0 Å². The largest absolute Gasteiger partial charge is 0.362 e. The molecular weight excluding hydrogens is 168 g/mol. The van der Waals surface area contributed by atoms with Gasteiger partial charge in [0.05, 0.1) is 5.84 Å². The molecule has 0 fully saturated rings. The highest BCUT2D eigenvalue weighted by Gasteiger charge is 2.06. The highest BCUT2D eigenvalue weighted by molar-refractivity contribution is 6.11. The van der Waals surface area contributed by atoms with Crippen molar-refractivity contribution in [1.29, 1.82) is 0 Å². The van der Waals surface area contributed by atoms with Crippen LogP contribution in [0.1, 0.15) is 20.8 Å². The fourth-order valence-electron chi connectivity index (χ4n) is 1.29. The van der Waals surface area contributed by atoms with Crippen molar-refractivity contribution in [3.8, 4) is 0 Å². The van der Waals surface area contributed by atoms with Gasteiger partial charge in [-0.05, 0) is 20.8 Å². The molecule has 0 radical (unpaired) electrons. The maximum atomic E-state index is 4.44. The Morgan fingerprint density at radius 2 is 2.00 bits per heavy atom. The van der Waals surface area contributed by atoms with Crippen molar-refractivity contribution in [2.75, 3.05) is 12.3 Å². The van der Waals surface area contributed by atoms with E-state index in [2.05, 4.69) is 30.7 Å². The van der Waals surface area contributed by atoms with Crippen LogP contribution in [-0.4, -0.2) is 49.6 Å². The lowest BCUT2D eigenvalue weighted by Crippen LogP contribution is -2.36. The van der Waals surface area contributed by atoms with Crippen LogP contribution in [0.15, 0.2) is 4.99 Å². The van der Waals surface area contributed by atoms with Gasteiger partial charge >= 0.3 is 0 Å². The third-order valence-corrected chi connectivity index (χ3v) is 2.76. The van der Waals surface area contributed by atoms with E-state index in [9.17, 15) is 0 Å². The summed E-state index contributed by atoms with van der Waals surface area (Å²) in [5.41, 5.74) is 0. The van der Waals surface area contributed by atoms with Crippen LogP contribution in [-0.2, 0) is 0 Å². The Labute approximate surface area is 75.9 Å². The van der Waals surface area contributed by atoms with Gasteiger partial charge in [0.1, 0.15) is 0 Å². The van der Waals surface area contributed by atoms with E-state index in [-0.39, 0.29) is 0 Å². The van der Waals surface area contributed by atoms with Crippen molar-refractivity contribution in [2.24, 2.45) is 4.99 Å². The molecule has 0 heterocycles. The van der Waals surface area contributed by atoms with Gasteiger partial charge in [0.2, 0.25) is 0 Å². The van der Waals surface area contributed by atoms with E-state index < -0.39 is 0 Å². The second-order valence-electron chi connectivity index (χ2n) is 2.90. The van der Waals surface area contributed by atoms with Crippen molar-refractivity contribution >= 4 is 26.3 Å². The first-order valence-corrected chi connectivity index (χ1v) is 7.24. The lowest BCUT2D eigenvalue weighted by Gasteiger charge is -2.26. The summed E-state index contributed by atoms with van der Waals surface area (Å²) in [4.78, 5) is 6.82. The zero-order valence-electron chi connectivity index (χ0n) is 8.39. The van der Waals surface area contributed by atoms with Crippen LogP contribution in [0, 0.1) is 0 Å². The number of amidine groups is 1. The van der Waals surface area contributed by atoms with Gasteiger partial charge in [0.25, 0.3) is 0 Å². The maximum absolute atomic E-state index is 4.44. The van der Waals surface area contributed by atoms with Gasteiger partial charge in [-0.2, -0.15) is 0 Å². The van der Waals surface area contributed by atoms with E-state index in [4.69, 9.17) is 0 Å². The predicted molar refractivity (Wildman–Crippen MR) is 59.7 cm³/mol. The second-order valence-corrected chi connectivity index (χ2v) is 4.17. The highest BCUT2D eigenvalue weighted by Crippen LogP contribution is 1.97. The summed E-state index contributed by atoms with van der Waals surface area (Å²) in [6, 6.07) is 0.615. The summed E-state index contributed by atoms with van der Waals surface area (Å²) in [5, 5.41) is 0. The van der Waals surface area contributed by atoms with E-state index in [1.165, 1.54) is 32.5 Å². The van der Waals surface area contributed by atoms with Crippen LogP contribution in [0.5, 0.6) is 0 Å². The van der Waals surface area contributed by atoms with Gasteiger partial charge in [-0.15, -0.1) is 0 Å². The Morgan fingerprint density at radius 1 is 1.45 bits per heavy atom. The molecule has 0 saturated carbocycles. The molecule has 0 atom stereocenters. The van der Waals surface area contributed by atoms with E-state index in [1.807, 2.05) is 0 Å². The van der Waals surface area contributed by atoms with Crippen LogP contribution < -0.4 is 0 Å². The lowest BCUT2D eigenvalue weighted by atomic mass is 10.3. The third-order valence-electron chi connectivity index (χ3n) is 1.77. The number of rotatable bonds is 3. The minimum atomic E-state index is 0.615. The molecule has 4 heteroatoms. The molecule has 0 spiro atoms. The minimum Gasteiger partial charge on any atom is -0.362 e. The molecule has 0 aromatic carbocycles. The first-order valence-electron chi connectivity index (χ1n) is 4.41. The molecule has 0 rings (SSSR count). The van der Waals surface area contributed by atoms with Crippen molar-refractivity contribution in [3.05, 3.63) is 0 Å². The standard InChI is InChI=1S/C7H20N2Si2/c1-6(2)9(5-11)7(3)8-4-10/h6H,4-5H2,1-3,10-11H3. The Bertz CT molecular complexity index is 134. The molecule has 0 unspecified atom stereocenters. The van der Waals surface area contributed by atoms with Gasteiger partial charge < -0.3 is 4.90 Å². The van der Waals surface area contributed by atoms with Gasteiger partial charge in [-0.1, -0.05) is 0 Å². The predicted octanol–water partition coefficient (Wildman–Crippen LogP) is -1.24. The average molecular weight is 188 g/mol. The fraction of sp³-hybridized carbons (Fsp3) is 0.857. The third kappa shape index (κ3) is 3.72. The second kappa shape index (κ2) is 5.54. The van der Waals surface area contributed by atoms with E-state index in [0.29, 0.717) is 6.04 Å². The van der Waals surface area contributed by atoms with Crippen LogP contribution in [0.2, 0.25) is 0 Å². The van der Waals surface area contributed by atoms with E-state index in [1.54, 1.807) is 0 Å². The number of aliphatic imine (C=N–C) groups is 1. The lowest BCUT2D eigenvalue weighted by molar-refractivity contribution is 0.396. The quantitative estimate of drug-likeness (QED) is 0.307. The number of hydrogen-bond acceptors (Lipinski definition) is 1. The topological polar surface area (TPSA) is 15.6 Å². The van der Waals surface area contributed by atoms with Gasteiger partial charge in [-0.3, -0.25) is 4.99 Å². The molecule has 0 aliphatic carbocycles.